The molecule has 0 fully saturated rings. The molecule has 1 aliphatic heterocycles. The molecule has 3 heterocycles. The minimum absolute atomic E-state index is 0.122. The minimum Gasteiger partial charge on any atom is -0.420 e. The summed E-state index contributed by atoms with van der Waals surface area (Å²) in [5.74, 6) is 1.17. The Kier molecular flexibility index (Phi) is 4.47. The van der Waals surface area contributed by atoms with E-state index in [1.54, 1.807) is 0 Å². The minimum atomic E-state index is -0.122. The first kappa shape index (κ1) is 19.4. The Morgan fingerprint density at radius 1 is 1.00 bits per heavy atom. The van der Waals surface area contributed by atoms with Gasteiger partial charge in [-0.25, -0.2) is 9.67 Å². The molecule has 6 heteroatoms. The first-order valence-corrected chi connectivity index (χ1v) is 11.4. The Bertz CT molecular complexity index is 1330. The molecule has 2 aromatic carbocycles. The fraction of sp³-hybridized carbons (Fsp3) is 0.231. The number of pyridine rings is 1. The molecule has 1 atom stereocenters. The van der Waals surface area contributed by atoms with E-state index in [0.29, 0.717) is 16.8 Å². The third-order valence-electron chi connectivity index (χ3n) is 6.56. The fourth-order valence-corrected chi connectivity index (χ4v) is 5.16. The molecule has 2 N–H and O–H groups in total. The van der Waals surface area contributed by atoms with Crippen LogP contribution in [0.2, 0.25) is 5.02 Å². The first-order valence-electron chi connectivity index (χ1n) is 11.0. The molecule has 1 unspecified atom stereocenters. The highest BCUT2D eigenvalue weighted by atomic mass is 35.5. The summed E-state index contributed by atoms with van der Waals surface area (Å²) in [6.07, 6.45) is 4.17. The van der Waals surface area contributed by atoms with Crippen LogP contribution in [0, 0.1) is 6.92 Å². The number of aromatic nitrogens is 3. The molecule has 0 amide bonds. The van der Waals surface area contributed by atoms with Crippen molar-refractivity contribution in [3.05, 3.63) is 93.3 Å². The number of nitrogens with zero attached hydrogens (tertiary/aromatic N) is 3. The molecule has 4 aromatic rings. The Labute approximate surface area is 191 Å². The molecule has 5 nitrogen and oxygen atoms in total. The van der Waals surface area contributed by atoms with Crippen molar-refractivity contribution in [2.24, 2.45) is 0 Å². The average molecular weight is 443 g/mol. The van der Waals surface area contributed by atoms with E-state index < -0.39 is 0 Å². The lowest BCUT2D eigenvalue weighted by atomic mass is 9.81. The van der Waals surface area contributed by atoms with Crippen LogP contribution in [0.15, 0.2) is 54.6 Å². The van der Waals surface area contributed by atoms with Gasteiger partial charge in [0.2, 0.25) is 11.8 Å². The van der Waals surface area contributed by atoms with Crippen molar-refractivity contribution in [3.63, 3.8) is 0 Å². The van der Waals surface area contributed by atoms with Gasteiger partial charge in [0.15, 0.2) is 0 Å². The van der Waals surface area contributed by atoms with Gasteiger partial charge in [-0.15, -0.1) is 0 Å². The lowest BCUT2D eigenvalue weighted by Crippen LogP contribution is -2.20. The molecular formula is C26H23ClN4O. The number of rotatable bonds is 2. The van der Waals surface area contributed by atoms with Crippen LogP contribution < -0.4 is 10.5 Å². The molecule has 0 saturated carbocycles. The van der Waals surface area contributed by atoms with E-state index in [1.807, 2.05) is 54.1 Å². The number of nitrogens with two attached hydrogens (primary N) is 1. The SMILES string of the molecule is Cc1nn(-c2ccccc2)c2c1C(c1ccc(Cl)cc1)c1c(nc3c(c1N)CCCC3)O2. The van der Waals surface area contributed by atoms with Crippen LogP contribution in [0.3, 0.4) is 0 Å². The number of para-hydroxylation sites is 1. The largest absolute Gasteiger partial charge is 0.420 e. The van der Waals surface area contributed by atoms with Crippen LogP contribution in [0.4, 0.5) is 5.69 Å². The summed E-state index contributed by atoms with van der Waals surface area (Å²) in [7, 11) is 0. The molecule has 0 radical (unpaired) electrons. The molecule has 2 aliphatic rings. The maximum absolute atomic E-state index is 6.83. The average Bonchev–Trinajstić information content (AvgIpc) is 3.15. The van der Waals surface area contributed by atoms with Gasteiger partial charge < -0.3 is 10.5 Å². The number of nitrogen functional groups attached to an aromatic ring is 1. The van der Waals surface area contributed by atoms with E-state index in [1.165, 1.54) is 5.56 Å². The Morgan fingerprint density at radius 3 is 2.53 bits per heavy atom. The summed E-state index contributed by atoms with van der Waals surface area (Å²) < 4.78 is 8.36. The molecule has 0 saturated heterocycles. The van der Waals surface area contributed by atoms with Gasteiger partial charge in [0, 0.05) is 27.9 Å². The second-order valence-corrected chi connectivity index (χ2v) is 8.95. The first-order chi connectivity index (χ1) is 15.6. The normalized spacial score (nSPS) is 16.6. The number of hydrogen-bond donors (Lipinski definition) is 1. The quantitative estimate of drug-likeness (QED) is 0.365. The van der Waals surface area contributed by atoms with E-state index >= 15 is 0 Å². The summed E-state index contributed by atoms with van der Waals surface area (Å²) in [6.45, 7) is 2.03. The number of anilines is 1. The van der Waals surface area contributed by atoms with Crippen molar-refractivity contribution in [1.29, 1.82) is 0 Å². The number of hydrogen-bond acceptors (Lipinski definition) is 4. The molecular weight excluding hydrogens is 420 g/mol. The van der Waals surface area contributed by atoms with Crippen LogP contribution in [-0.2, 0) is 12.8 Å². The molecule has 2 aromatic heterocycles. The van der Waals surface area contributed by atoms with E-state index in [2.05, 4.69) is 12.1 Å². The fourth-order valence-electron chi connectivity index (χ4n) is 5.04. The third kappa shape index (κ3) is 2.92. The topological polar surface area (TPSA) is 66.0 Å². The lowest BCUT2D eigenvalue weighted by Gasteiger charge is -2.30. The summed E-state index contributed by atoms with van der Waals surface area (Å²) in [6, 6.07) is 18.0. The maximum atomic E-state index is 6.83. The second kappa shape index (κ2) is 7.38. The third-order valence-corrected chi connectivity index (χ3v) is 6.81. The van der Waals surface area contributed by atoms with E-state index in [0.717, 1.165) is 65.1 Å². The van der Waals surface area contributed by atoms with Gasteiger partial charge in [-0.3, -0.25) is 0 Å². The van der Waals surface area contributed by atoms with Gasteiger partial charge in [-0.2, -0.15) is 5.10 Å². The highest BCUT2D eigenvalue weighted by Crippen LogP contribution is 2.52. The van der Waals surface area contributed by atoms with E-state index in [-0.39, 0.29) is 5.92 Å². The number of halogens is 1. The predicted molar refractivity (Wildman–Crippen MR) is 126 cm³/mol. The van der Waals surface area contributed by atoms with Crippen LogP contribution >= 0.6 is 11.6 Å². The molecule has 1 aliphatic carbocycles. The summed E-state index contributed by atoms with van der Waals surface area (Å²) in [5.41, 5.74) is 14.8. The van der Waals surface area contributed by atoms with Crippen molar-refractivity contribution in [2.75, 3.05) is 5.73 Å². The van der Waals surface area contributed by atoms with Crippen molar-refractivity contribution in [1.82, 2.24) is 14.8 Å². The summed E-state index contributed by atoms with van der Waals surface area (Å²) >= 11 is 6.21. The molecule has 32 heavy (non-hydrogen) atoms. The summed E-state index contributed by atoms with van der Waals surface area (Å²) in [5, 5.41) is 5.57. The van der Waals surface area contributed by atoms with Gasteiger partial charge in [0.25, 0.3) is 0 Å². The van der Waals surface area contributed by atoms with Crippen molar-refractivity contribution in [2.45, 2.75) is 38.5 Å². The van der Waals surface area contributed by atoms with Crippen LogP contribution in [-0.4, -0.2) is 14.8 Å². The number of benzene rings is 2. The Balaban J connectivity index is 1.63. The second-order valence-electron chi connectivity index (χ2n) is 8.51. The predicted octanol–water partition coefficient (Wildman–Crippen LogP) is 5.98. The van der Waals surface area contributed by atoms with Gasteiger partial charge in [0.1, 0.15) is 0 Å². The lowest BCUT2D eigenvalue weighted by molar-refractivity contribution is 0.401. The van der Waals surface area contributed by atoms with E-state index in [9.17, 15) is 0 Å². The zero-order valence-electron chi connectivity index (χ0n) is 17.8. The standard InChI is InChI=1S/C26H23ClN4O/c1-15-21-22(16-11-13-17(27)14-12-16)23-24(28)19-9-5-6-10-20(19)29-25(23)32-26(21)31(30-15)18-7-3-2-4-8-18/h2-4,7-8,11-14,22H,5-6,9-10H2,1H3,(H2,28,29). The highest BCUT2D eigenvalue weighted by molar-refractivity contribution is 6.30. The van der Waals surface area contributed by atoms with Gasteiger partial charge in [-0.05, 0) is 68.0 Å². The van der Waals surface area contributed by atoms with Crippen LogP contribution in [0.25, 0.3) is 5.69 Å². The Hall–Kier alpha value is -3.31. The molecule has 6 rings (SSSR count). The highest BCUT2D eigenvalue weighted by Gasteiger charge is 2.38. The molecule has 160 valence electrons. The summed E-state index contributed by atoms with van der Waals surface area (Å²) in [4.78, 5) is 4.98. The van der Waals surface area contributed by atoms with Gasteiger partial charge >= 0.3 is 0 Å². The molecule has 0 bridgehead atoms. The number of fused-ring (bicyclic) bond motifs is 3. The monoisotopic (exact) mass is 442 g/mol. The van der Waals surface area contributed by atoms with Crippen LogP contribution in [0.5, 0.6) is 11.8 Å². The number of ether oxygens (including phenoxy) is 1. The maximum Gasteiger partial charge on any atom is 0.229 e. The van der Waals surface area contributed by atoms with Crippen LogP contribution in [0.1, 0.15) is 52.4 Å². The van der Waals surface area contributed by atoms with Crippen molar-refractivity contribution < 1.29 is 4.74 Å². The Morgan fingerprint density at radius 2 is 1.75 bits per heavy atom. The smallest absolute Gasteiger partial charge is 0.229 e. The zero-order chi connectivity index (χ0) is 21.8. The zero-order valence-corrected chi connectivity index (χ0v) is 18.6. The van der Waals surface area contributed by atoms with Crippen molar-refractivity contribution in [3.8, 4) is 17.4 Å². The molecule has 0 spiro atoms. The number of aryl methyl sites for hydroxylation is 2. The van der Waals surface area contributed by atoms with Gasteiger partial charge in [0.05, 0.1) is 16.9 Å². The van der Waals surface area contributed by atoms with Gasteiger partial charge in [-0.1, -0.05) is 41.9 Å². The van der Waals surface area contributed by atoms with Crippen molar-refractivity contribution >= 4 is 17.3 Å². The van der Waals surface area contributed by atoms with E-state index in [4.69, 9.17) is 32.2 Å².